The predicted octanol–water partition coefficient (Wildman–Crippen LogP) is 3.26. The molecule has 0 aliphatic rings. The van der Waals surface area contributed by atoms with Crippen molar-refractivity contribution in [3.05, 3.63) is 70.9 Å². The largest absolute Gasteiger partial charge is 0.455 e. The highest BCUT2D eigenvalue weighted by atomic mass is 35.5. The van der Waals surface area contributed by atoms with E-state index in [9.17, 15) is 13.2 Å². The summed E-state index contributed by atoms with van der Waals surface area (Å²) in [7, 11) is -2.54. The summed E-state index contributed by atoms with van der Waals surface area (Å²) in [4.78, 5) is 12.0. The highest BCUT2D eigenvalue weighted by Crippen LogP contribution is 2.23. The molecule has 27 heavy (non-hydrogen) atoms. The third-order valence-electron chi connectivity index (χ3n) is 3.69. The number of benzene rings is 2. The first-order valence-electron chi connectivity index (χ1n) is 7.82. The monoisotopic (exact) mass is 406 g/mol. The molecule has 1 N–H and O–H groups in total. The first-order valence-corrected chi connectivity index (χ1v) is 9.68. The molecule has 0 amide bonds. The van der Waals surface area contributed by atoms with Crippen LogP contribution in [0.2, 0.25) is 5.02 Å². The van der Waals surface area contributed by atoms with Crippen molar-refractivity contribution in [3.63, 3.8) is 0 Å². The van der Waals surface area contributed by atoms with Crippen molar-refractivity contribution in [1.82, 2.24) is 9.88 Å². The highest BCUT2D eigenvalue weighted by molar-refractivity contribution is 7.89. The molecule has 0 saturated carbocycles. The number of ether oxygens (including phenoxy) is 1. The van der Waals surface area contributed by atoms with Gasteiger partial charge in [-0.2, -0.15) is 0 Å². The summed E-state index contributed by atoms with van der Waals surface area (Å²) < 4.78 is 36.5. The normalized spacial score (nSPS) is 11.3. The minimum atomic E-state index is -3.80. The van der Waals surface area contributed by atoms with Gasteiger partial charge in [0.15, 0.2) is 5.76 Å². The second-order valence-electron chi connectivity index (χ2n) is 5.48. The third-order valence-corrected chi connectivity index (χ3v) is 5.59. The van der Waals surface area contributed by atoms with Crippen LogP contribution in [0.1, 0.15) is 16.1 Å². The second-order valence-corrected chi connectivity index (χ2v) is 7.74. The Balaban J connectivity index is 1.72. The Labute approximate surface area is 160 Å². The molecule has 0 unspecified atom stereocenters. The van der Waals surface area contributed by atoms with Crippen LogP contribution in [-0.4, -0.2) is 26.6 Å². The van der Waals surface area contributed by atoms with Crippen LogP contribution in [0.25, 0.3) is 11.3 Å². The van der Waals surface area contributed by atoms with Gasteiger partial charge >= 0.3 is 5.97 Å². The molecule has 0 fully saturated rings. The lowest BCUT2D eigenvalue weighted by Gasteiger charge is -2.07. The first-order chi connectivity index (χ1) is 12.9. The number of halogens is 1. The maximum atomic E-state index is 12.2. The molecule has 0 aliphatic carbocycles. The Bertz CT molecular complexity index is 1060. The molecule has 3 aromatic rings. The van der Waals surface area contributed by atoms with E-state index in [1.54, 1.807) is 6.07 Å². The summed E-state index contributed by atoms with van der Waals surface area (Å²) in [6.45, 7) is -0.119. The Morgan fingerprint density at radius 3 is 2.63 bits per heavy atom. The summed E-state index contributed by atoms with van der Waals surface area (Å²) in [6, 6.07) is 14.9. The van der Waals surface area contributed by atoms with Crippen molar-refractivity contribution in [2.45, 2.75) is 11.5 Å². The van der Waals surface area contributed by atoms with Gasteiger partial charge in [0.1, 0.15) is 17.2 Å². The predicted molar refractivity (Wildman–Crippen MR) is 98.8 cm³/mol. The molecule has 2 aromatic carbocycles. The molecule has 0 bridgehead atoms. The zero-order chi connectivity index (χ0) is 19.4. The van der Waals surface area contributed by atoms with Crippen LogP contribution in [0.5, 0.6) is 0 Å². The lowest BCUT2D eigenvalue weighted by Crippen LogP contribution is -2.19. The Hall–Kier alpha value is -2.68. The standard InChI is InChI=1S/C18H15ClN2O5S/c1-20-27(23,24)17-9-13(7-8-15(17)19)18(22)25-11-14-10-16(26-21-14)12-5-3-2-4-6-12/h2-10,20H,11H2,1H3. The van der Waals surface area contributed by atoms with Crippen molar-refractivity contribution in [3.8, 4) is 11.3 Å². The number of nitrogens with zero attached hydrogens (tertiary/aromatic N) is 1. The van der Waals surface area contributed by atoms with Gasteiger partial charge in [0, 0.05) is 11.6 Å². The van der Waals surface area contributed by atoms with E-state index in [1.807, 2.05) is 30.3 Å². The highest BCUT2D eigenvalue weighted by Gasteiger charge is 2.19. The van der Waals surface area contributed by atoms with Crippen LogP contribution < -0.4 is 4.72 Å². The number of carbonyl (C=O) groups is 1. The Morgan fingerprint density at radius 2 is 1.93 bits per heavy atom. The minimum absolute atomic E-state index is 0.00454. The fraction of sp³-hybridized carbons (Fsp3) is 0.111. The van der Waals surface area contributed by atoms with Crippen LogP contribution in [0.3, 0.4) is 0 Å². The molecular formula is C18H15ClN2O5S. The lowest BCUT2D eigenvalue weighted by molar-refractivity contribution is 0.0464. The van der Waals surface area contributed by atoms with Gasteiger partial charge in [-0.1, -0.05) is 47.1 Å². The minimum Gasteiger partial charge on any atom is -0.455 e. The van der Waals surface area contributed by atoms with Gasteiger partial charge in [-0.25, -0.2) is 17.9 Å². The molecule has 0 spiro atoms. The summed E-state index contributed by atoms with van der Waals surface area (Å²) >= 11 is 5.90. The van der Waals surface area contributed by atoms with Crippen molar-refractivity contribution in [2.24, 2.45) is 0 Å². The quantitative estimate of drug-likeness (QED) is 0.631. The number of sulfonamides is 1. The lowest BCUT2D eigenvalue weighted by atomic mass is 10.2. The van der Waals surface area contributed by atoms with Crippen molar-refractivity contribution in [2.75, 3.05) is 7.05 Å². The van der Waals surface area contributed by atoms with Crippen LogP contribution in [-0.2, 0) is 21.4 Å². The summed E-state index contributed by atoms with van der Waals surface area (Å²) in [5.41, 5.74) is 1.33. The van der Waals surface area contributed by atoms with E-state index in [2.05, 4.69) is 9.88 Å². The molecule has 0 aliphatic heterocycles. The fourth-order valence-electron chi connectivity index (χ4n) is 2.29. The van der Waals surface area contributed by atoms with Crippen LogP contribution in [0, 0.1) is 0 Å². The molecule has 140 valence electrons. The van der Waals surface area contributed by atoms with Crippen LogP contribution >= 0.6 is 11.6 Å². The SMILES string of the molecule is CNS(=O)(=O)c1cc(C(=O)OCc2cc(-c3ccccc3)on2)ccc1Cl. The van der Waals surface area contributed by atoms with Gasteiger partial charge < -0.3 is 9.26 Å². The molecule has 0 atom stereocenters. The van der Waals surface area contributed by atoms with Gasteiger partial charge in [-0.3, -0.25) is 0 Å². The van der Waals surface area contributed by atoms with Crippen molar-refractivity contribution < 1.29 is 22.5 Å². The maximum Gasteiger partial charge on any atom is 0.338 e. The molecule has 0 saturated heterocycles. The van der Waals surface area contributed by atoms with E-state index in [4.69, 9.17) is 20.9 Å². The van der Waals surface area contributed by atoms with E-state index in [0.717, 1.165) is 11.6 Å². The number of esters is 1. The topological polar surface area (TPSA) is 98.5 Å². The molecule has 9 heteroatoms. The summed E-state index contributed by atoms with van der Waals surface area (Å²) in [5, 5.41) is 3.87. The van der Waals surface area contributed by atoms with Crippen molar-refractivity contribution in [1.29, 1.82) is 0 Å². The van der Waals surface area contributed by atoms with Crippen LogP contribution in [0.4, 0.5) is 0 Å². The molecule has 1 aromatic heterocycles. The van der Waals surface area contributed by atoms with Crippen molar-refractivity contribution >= 4 is 27.6 Å². The van der Waals surface area contributed by atoms with E-state index < -0.39 is 16.0 Å². The average molecular weight is 407 g/mol. The smallest absolute Gasteiger partial charge is 0.338 e. The molecular weight excluding hydrogens is 392 g/mol. The zero-order valence-corrected chi connectivity index (χ0v) is 15.8. The molecule has 1 heterocycles. The van der Waals surface area contributed by atoms with Gasteiger partial charge in [-0.05, 0) is 25.2 Å². The van der Waals surface area contributed by atoms with Gasteiger partial charge in [0.05, 0.1) is 10.6 Å². The van der Waals surface area contributed by atoms with Gasteiger partial charge in [0.2, 0.25) is 10.0 Å². The molecule has 7 nitrogen and oxygen atoms in total. The molecule has 3 rings (SSSR count). The summed E-state index contributed by atoms with van der Waals surface area (Å²) in [6.07, 6.45) is 0. The summed E-state index contributed by atoms with van der Waals surface area (Å²) in [5.74, 6) is -0.154. The fourth-order valence-corrected chi connectivity index (χ4v) is 3.54. The number of hydrogen-bond donors (Lipinski definition) is 1. The number of rotatable bonds is 6. The van der Waals surface area contributed by atoms with Crippen LogP contribution in [0.15, 0.2) is 64.0 Å². The number of aromatic nitrogens is 1. The Kier molecular flexibility index (Phi) is 5.59. The Morgan fingerprint density at radius 1 is 1.19 bits per heavy atom. The number of nitrogens with one attached hydrogen (secondary N) is 1. The molecule has 0 radical (unpaired) electrons. The van der Waals surface area contributed by atoms with Gasteiger partial charge in [-0.15, -0.1) is 0 Å². The number of hydrogen-bond acceptors (Lipinski definition) is 6. The second kappa shape index (κ2) is 7.91. The first kappa shape index (κ1) is 19.1. The average Bonchev–Trinajstić information content (AvgIpc) is 3.16. The van der Waals surface area contributed by atoms with E-state index in [1.165, 1.54) is 19.2 Å². The van der Waals surface area contributed by atoms with Gasteiger partial charge in [0.25, 0.3) is 0 Å². The number of carbonyl (C=O) groups excluding carboxylic acids is 1. The van der Waals surface area contributed by atoms with E-state index in [-0.39, 0.29) is 22.1 Å². The maximum absolute atomic E-state index is 12.2. The van der Waals surface area contributed by atoms with E-state index >= 15 is 0 Å². The zero-order valence-electron chi connectivity index (χ0n) is 14.2. The van der Waals surface area contributed by atoms with E-state index in [0.29, 0.717) is 11.5 Å². The third kappa shape index (κ3) is 4.36.